The van der Waals surface area contributed by atoms with Gasteiger partial charge in [-0.1, -0.05) is 58.3 Å². The first-order chi connectivity index (χ1) is 12.4. The van der Waals surface area contributed by atoms with Crippen LogP contribution >= 0.6 is 0 Å². The number of benzene rings is 1. The fourth-order valence-corrected chi connectivity index (χ4v) is 2.77. The molecule has 0 saturated heterocycles. The molecule has 0 aromatic heterocycles. The van der Waals surface area contributed by atoms with Crippen molar-refractivity contribution in [3.8, 4) is 0 Å². The van der Waals surface area contributed by atoms with E-state index in [0.717, 1.165) is 25.3 Å². The Hall–Kier alpha value is -2.37. The first kappa shape index (κ1) is 21.7. The van der Waals surface area contributed by atoms with E-state index in [4.69, 9.17) is 10.2 Å². The zero-order valence-electron chi connectivity index (χ0n) is 15.4. The molecule has 144 valence electrons. The maximum absolute atomic E-state index is 12.0. The summed E-state index contributed by atoms with van der Waals surface area (Å²) in [5.74, 6) is -2.70. The van der Waals surface area contributed by atoms with E-state index in [1.54, 1.807) is 0 Å². The average Bonchev–Trinajstić information content (AvgIpc) is 2.59. The fourth-order valence-electron chi connectivity index (χ4n) is 2.77. The summed E-state index contributed by atoms with van der Waals surface area (Å²) < 4.78 is 0. The van der Waals surface area contributed by atoms with Crippen molar-refractivity contribution in [1.29, 1.82) is 0 Å². The SMILES string of the molecule is CCCCCCCCCCCC(=O)Nc1cc(C(=O)O)cc(C(=O)O)c1. The standard InChI is InChI=1S/C20H29NO5/c1-2-3-4-5-6-7-8-9-10-11-18(22)21-17-13-15(19(23)24)12-16(14-17)20(25)26/h12-14H,2-11H2,1H3,(H,21,22)(H,23,24)(H,25,26). The summed E-state index contributed by atoms with van der Waals surface area (Å²) in [5.41, 5.74) is -0.130. The number of aromatic carboxylic acids is 2. The number of amides is 1. The van der Waals surface area contributed by atoms with Crippen LogP contribution in [-0.4, -0.2) is 28.1 Å². The molecule has 3 N–H and O–H groups in total. The van der Waals surface area contributed by atoms with Crippen molar-refractivity contribution in [2.24, 2.45) is 0 Å². The molecule has 6 nitrogen and oxygen atoms in total. The number of carbonyl (C=O) groups excluding carboxylic acids is 1. The van der Waals surface area contributed by atoms with Crippen LogP contribution in [0.3, 0.4) is 0 Å². The number of nitrogens with one attached hydrogen (secondary N) is 1. The van der Waals surface area contributed by atoms with Crippen LogP contribution in [0.5, 0.6) is 0 Å². The van der Waals surface area contributed by atoms with Crippen molar-refractivity contribution in [1.82, 2.24) is 0 Å². The maximum atomic E-state index is 12.0. The number of rotatable bonds is 13. The predicted molar refractivity (Wildman–Crippen MR) is 101 cm³/mol. The van der Waals surface area contributed by atoms with E-state index in [1.165, 1.54) is 50.7 Å². The largest absolute Gasteiger partial charge is 0.478 e. The molecule has 0 radical (unpaired) electrons. The smallest absolute Gasteiger partial charge is 0.335 e. The van der Waals surface area contributed by atoms with E-state index in [1.807, 2.05) is 0 Å². The summed E-state index contributed by atoms with van der Waals surface area (Å²) in [4.78, 5) is 34.1. The molecule has 1 aromatic rings. The second kappa shape index (κ2) is 12.1. The molecule has 0 atom stereocenters. The van der Waals surface area contributed by atoms with Gasteiger partial charge in [-0.25, -0.2) is 9.59 Å². The van der Waals surface area contributed by atoms with Gasteiger partial charge in [-0.05, 0) is 24.6 Å². The Morgan fingerprint density at radius 3 is 1.69 bits per heavy atom. The van der Waals surface area contributed by atoms with E-state index < -0.39 is 11.9 Å². The minimum Gasteiger partial charge on any atom is -0.478 e. The van der Waals surface area contributed by atoms with Gasteiger partial charge in [-0.2, -0.15) is 0 Å². The van der Waals surface area contributed by atoms with Gasteiger partial charge in [0.25, 0.3) is 0 Å². The topological polar surface area (TPSA) is 104 Å². The molecule has 1 aromatic carbocycles. The van der Waals surface area contributed by atoms with Crippen LogP contribution in [0.25, 0.3) is 0 Å². The third kappa shape index (κ3) is 8.65. The summed E-state index contributed by atoms with van der Waals surface area (Å²) in [6.45, 7) is 2.20. The average molecular weight is 363 g/mol. The molecule has 0 aliphatic carbocycles. The number of anilines is 1. The van der Waals surface area contributed by atoms with Crippen LogP contribution in [0.1, 0.15) is 91.8 Å². The molecular weight excluding hydrogens is 334 g/mol. The van der Waals surface area contributed by atoms with Crippen LogP contribution in [-0.2, 0) is 4.79 Å². The molecule has 0 saturated carbocycles. The molecule has 0 unspecified atom stereocenters. The number of hydrogen-bond donors (Lipinski definition) is 3. The molecule has 0 fully saturated rings. The summed E-state index contributed by atoms with van der Waals surface area (Å²) in [7, 11) is 0. The number of hydrogen-bond acceptors (Lipinski definition) is 3. The summed E-state index contributed by atoms with van der Waals surface area (Å²) in [6.07, 6.45) is 10.8. The Balaban J connectivity index is 2.34. The first-order valence-electron chi connectivity index (χ1n) is 9.35. The van der Waals surface area contributed by atoms with Gasteiger partial charge in [0.15, 0.2) is 0 Å². The van der Waals surface area contributed by atoms with E-state index in [-0.39, 0.29) is 22.7 Å². The third-order valence-electron chi connectivity index (χ3n) is 4.22. The Morgan fingerprint density at radius 2 is 1.23 bits per heavy atom. The lowest BCUT2D eigenvalue weighted by molar-refractivity contribution is -0.116. The minimum atomic E-state index is -1.23. The quantitative estimate of drug-likeness (QED) is 0.431. The van der Waals surface area contributed by atoms with Crippen LogP contribution in [0, 0.1) is 0 Å². The highest BCUT2D eigenvalue weighted by atomic mass is 16.4. The van der Waals surface area contributed by atoms with Crippen molar-refractivity contribution in [3.05, 3.63) is 29.3 Å². The number of carboxylic acids is 2. The van der Waals surface area contributed by atoms with Gasteiger partial charge in [0, 0.05) is 12.1 Å². The van der Waals surface area contributed by atoms with Crippen LogP contribution in [0.15, 0.2) is 18.2 Å². The van der Waals surface area contributed by atoms with E-state index >= 15 is 0 Å². The molecule has 6 heteroatoms. The van der Waals surface area contributed by atoms with Crippen molar-refractivity contribution in [2.45, 2.75) is 71.1 Å². The van der Waals surface area contributed by atoms with Gasteiger partial charge in [0.1, 0.15) is 0 Å². The van der Waals surface area contributed by atoms with Crippen molar-refractivity contribution in [3.63, 3.8) is 0 Å². The second-order valence-corrected chi connectivity index (χ2v) is 6.54. The van der Waals surface area contributed by atoms with Crippen LogP contribution in [0.4, 0.5) is 5.69 Å². The van der Waals surface area contributed by atoms with Crippen molar-refractivity contribution >= 4 is 23.5 Å². The molecule has 0 spiro atoms. The fraction of sp³-hybridized carbons (Fsp3) is 0.550. The van der Waals surface area contributed by atoms with Crippen LogP contribution in [0.2, 0.25) is 0 Å². The Morgan fingerprint density at radius 1 is 0.769 bits per heavy atom. The van der Waals surface area contributed by atoms with Crippen molar-refractivity contribution < 1.29 is 24.6 Å². The Bertz CT molecular complexity index is 580. The van der Waals surface area contributed by atoms with Crippen molar-refractivity contribution in [2.75, 3.05) is 5.32 Å². The number of carboxylic acid groups (broad SMARTS) is 2. The van der Waals surface area contributed by atoms with Gasteiger partial charge in [0.05, 0.1) is 11.1 Å². The maximum Gasteiger partial charge on any atom is 0.335 e. The molecule has 26 heavy (non-hydrogen) atoms. The first-order valence-corrected chi connectivity index (χ1v) is 9.35. The molecule has 0 aliphatic rings. The summed E-state index contributed by atoms with van der Waals surface area (Å²) >= 11 is 0. The molecule has 0 bridgehead atoms. The minimum absolute atomic E-state index is 0.164. The Kier molecular flexibility index (Phi) is 10.1. The highest BCUT2D eigenvalue weighted by Gasteiger charge is 2.12. The lowest BCUT2D eigenvalue weighted by Crippen LogP contribution is -2.13. The second-order valence-electron chi connectivity index (χ2n) is 6.54. The lowest BCUT2D eigenvalue weighted by atomic mass is 10.1. The lowest BCUT2D eigenvalue weighted by Gasteiger charge is -2.08. The van der Waals surface area contributed by atoms with Gasteiger partial charge in [0.2, 0.25) is 5.91 Å². The summed E-state index contributed by atoms with van der Waals surface area (Å²) in [5, 5.41) is 20.7. The van der Waals surface area contributed by atoms with E-state index in [0.29, 0.717) is 6.42 Å². The normalized spacial score (nSPS) is 10.5. The molecular formula is C20H29NO5. The third-order valence-corrected chi connectivity index (χ3v) is 4.22. The zero-order valence-corrected chi connectivity index (χ0v) is 15.4. The van der Waals surface area contributed by atoms with E-state index in [2.05, 4.69) is 12.2 Å². The Labute approximate surface area is 154 Å². The van der Waals surface area contributed by atoms with Gasteiger partial charge in [-0.15, -0.1) is 0 Å². The zero-order chi connectivity index (χ0) is 19.4. The van der Waals surface area contributed by atoms with E-state index in [9.17, 15) is 14.4 Å². The highest BCUT2D eigenvalue weighted by Crippen LogP contribution is 2.17. The highest BCUT2D eigenvalue weighted by molar-refractivity contribution is 5.98. The monoisotopic (exact) mass is 363 g/mol. The predicted octanol–water partition coefficient (Wildman–Crippen LogP) is 4.94. The van der Waals surface area contributed by atoms with Gasteiger partial charge in [-0.3, -0.25) is 4.79 Å². The summed E-state index contributed by atoms with van der Waals surface area (Å²) in [6, 6.07) is 3.60. The molecule has 1 amide bonds. The number of carbonyl (C=O) groups is 3. The number of unbranched alkanes of at least 4 members (excludes halogenated alkanes) is 8. The van der Waals surface area contributed by atoms with Crippen LogP contribution < -0.4 is 5.32 Å². The molecule has 0 aliphatic heterocycles. The molecule has 0 heterocycles. The van der Waals surface area contributed by atoms with Gasteiger partial charge < -0.3 is 15.5 Å². The molecule has 1 rings (SSSR count). The van der Waals surface area contributed by atoms with Gasteiger partial charge >= 0.3 is 11.9 Å².